The molecule has 5 heteroatoms. The molecule has 0 aromatic carbocycles. The summed E-state index contributed by atoms with van der Waals surface area (Å²) in [5.74, 6) is 1.82. The number of nitrogens with one attached hydrogen (secondary N) is 2. The number of nitrogens with zero attached hydrogens (tertiary/aromatic N) is 1. The van der Waals surface area contributed by atoms with E-state index in [2.05, 4.69) is 15.6 Å². The first kappa shape index (κ1) is 15.0. The molecular formula is C12H24IN3O. The second-order valence-electron chi connectivity index (χ2n) is 4.75. The Morgan fingerprint density at radius 2 is 2.12 bits per heavy atom. The highest BCUT2D eigenvalue weighted by atomic mass is 127. The number of halogens is 1. The average Bonchev–Trinajstić information content (AvgIpc) is 2.99. The fraction of sp³-hybridized carbons (Fsp3) is 0.917. The molecule has 0 amide bonds. The maximum Gasteiger partial charge on any atom is 0.190 e. The van der Waals surface area contributed by atoms with Crippen LogP contribution in [0.5, 0.6) is 0 Å². The predicted octanol–water partition coefficient (Wildman–Crippen LogP) is 1.75. The van der Waals surface area contributed by atoms with Crippen LogP contribution in [0.15, 0.2) is 4.99 Å². The van der Waals surface area contributed by atoms with E-state index < -0.39 is 0 Å². The Balaban J connectivity index is 0.00000144. The number of hydrogen-bond donors (Lipinski definition) is 2. The first-order chi connectivity index (χ1) is 7.88. The molecule has 100 valence electrons. The highest BCUT2D eigenvalue weighted by Gasteiger charge is 2.21. The van der Waals surface area contributed by atoms with E-state index in [-0.39, 0.29) is 24.0 Å². The molecule has 1 aliphatic carbocycles. The van der Waals surface area contributed by atoms with E-state index in [0.717, 1.165) is 38.0 Å². The van der Waals surface area contributed by atoms with Crippen molar-refractivity contribution in [2.24, 2.45) is 10.9 Å². The van der Waals surface area contributed by atoms with E-state index in [0.29, 0.717) is 6.10 Å². The van der Waals surface area contributed by atoms with Crippen LogP contribution in [0.1, 0.15) is 32.1 Å². The van der Waals surface area contributed by atoms with E-state index in [4.69, 9.17) is 4.74 Å². The molecule has 0 bridgehead atoms. The molecule has 2 aliphatic rings. The lowest BCUT2D eigenvalue weighted by atomic mass is 10.2. The van der Waals surface area contributed by atoms with Gasteiger partial charge >= 0.3 is 0 Å². The maximum atomic E-state index is 5.58. The third-order valence-electron chi connectivity index (χ3n) is 3.26. The van der Waals surface area contributed by atoms with Crippen LogP contribution in [0.4, 0.5) is 0 Å². The van der Waals surface area contributed by atoms with Crippen molar-refractivity contribution < 1.29 is 4.74 Å². The molecule has 1 saturated heterocycles. The molecular weight excluding hydrogens is 329 g/mol. The standard InChI is InChI=1S/C12H23N3O.HI/c1-13-12(15-9-10-4-5-10)14-7-6-11-3-2-8-16-11;/h10-11H,2-9H2,1H3,(H2,13,14,15);1H. The molecule has 0 radical (unpaired) electrons. The van der Waals surface area contributed by atoms with Crippen LogP contribution >= 0.6 is 24.0 Å². The average molecular weight is 353 g/mol. The van der Waals surface area contributed by atoms with Crippen molar-refractivity contribution in [2.75, 3.05) is 26.7 Å². The molecule has 2 rings (SSSR count). The van der Waals surface area contributed by atoms with Crippen molar-refractivity contribution in [1.82, 2.24) is 10.6 Å². The second kappa shape index (κ2) is 8.13. The van der Waals surface area contributed by atoms with Crippen LogP contribution in [0.2, 0.25) is 0 Å². The van der Waals surface area contributed by atoms with E-state index in [1.807, 2.05) is 7.05 Å². The lowest BCUT2D eigenvalue weighted by molar-refractivity contribution is 0.105. The van der Waals surface area contributed by atoms with Gasteiger partial charge in [0.25, 0.3) is 0 Å². The Kier molecular flexibility index (Phi) is 7.18. The molecule has 1 unspecified atom stereocenters. The lowest BCUT2D eigenvalue weighted by Gasteiger charge is -2.13. The molecule has 1 heterocycles. The predicted molar refractivity (Wildman–Crippen MR) is 81.1 cm³/mol. The summed E-state index contributed by atoms with van der Waals surface area (Å²) in [7, 11) is 1.83. The Bertz CT molecular complexity index is 238. The Morgan fingerprint density at radius 1 is 1.29 bits per heavy atom. The van der Waals surface area contributed by atoms with Gasteiger partial charge in [-0.05, 0) is 38.0 Å². The van der Waals surface area contributed by atoms with Gasteiger partial charge in [-0.2, -0.15) is 0 Å². The quantitative estimate of drug-likeness (QED) is 0.450. The van der Waals surface area contributed by atoms with Gasteiger partial charge in [-0.25, -0.2) is 0 Å². The Hall–Kier alpha value is -0.0400. The van der Waals surface area contributed by atoms with Crippen molar-refractivity contribution in [3.63, 3.8) is 0 Å². The Morgan fingerprint density at radius 3 is 2.71 bits per heavy atom. The summed E-state index contributed by atoms with van der Waals surface area (Å²) in [6.07, 6.45) is 6.74. The summed E-state index contributed by atoms with van der Waals surface area (Å²) >= 11 is 0. The fourth-order valence-electron chi connectivity index (χ4n) is 2.01. The summed E-state index contributed by atoms with van der Waals surface area (Å²) in [4.78, 5) is 4.21. The van der Waals surface area contributed by atoms with Crippen molar-refractivity contribution in [3.8, 4) is 0 Å². The topological polar surface area (TPSA) is 45.7 Å². The summed E-state index contributed by atoms with van der Waals surface area (Å²) in [5, 5.41) is 6.69. The number of rotatable bonds is 5. The minimum Gasteiger partial charge on any atom is -0.378 e. The third-order valence-corrected chi connectivity index (χ3v) is 3.26. The van der Waals surface area contributed by atoms with Gasteiger partial charge in [0.2, 0.25) is 0 Å². The largest absolute Gasteiger partial charge is 0.378 e. The van der Waals surface area contributed by atoms with Gasteiger partial charge in [0.05, 0.1) is 6.10 Å². The second-order valence-corrected chi connectivity index (χ2v) is 4.75. The zero-order valence-electron chi connectivity index (χ0n) is 10.6. The van der Waals surface area contributed by atoms with Gasteiger partial charge in [-0.3, -0.25) is 4.99 Å². The highest BCUT2D eigenvalue weighted by molar-refractivity contribution is 14.0. The zero-order valence-corrected chi connectivity index (χ0v) is 12.9. The minimum absolute atomic E-state index is 0. The van der Waals surface area contributed by atoms with Gasteiger partial charge in [-0.1, -0.05) is 0 Å². The summed E-state index contributed by atoms with van der Waals surface area (Å²) in [5.41, 5.74) is 0. The number of ether oxygens (including phenoxy) is 1. The SMILES string of the molecule is CN=C(NCCC1CCCO1)NCC1CC1.I. The Labute approximate surface area is 121 Å². The molecule has 2 N–H and O–H groups in total. The van der Waals surface area contributed by atoms with Crippen molar-refractivity contribution in [2.45, 2.75) is 38.2 Å². The van der Waals surface area contributed by atoms with Gasteiger partial charge in [-0.15, -0.1) is 24.0 Å². The molecule has 4 nitrogen and oxygen atoms in total. The van der Waals surface area contributed by atoms with Gasteiger partial charge in [0.1, 0.15) is 0 Å². The van der Waals surface area contributed by atoms with Crippen LogP contribution in [0, 0.1) is 5.92 Å². The van der Waals surface area contributed by atoms with Crippen LogP contribution in [0.25, 0.3) is 0 Å². The van der Waals surface area contributed by atoms with Crippen LogP contribution < -0.4 is 10.6 Å². The minimum atomic E-state index is 0. The van der Waals surface area contributed by atoms with Crippen LogP contribution in [-0.4, -0.2) is 38.8 Å². The highest BCUT2D eigenvalue weighted by Crippen LogP contribution is 2.27. The number of guanidine groups is 1. The first-order valence-electron chi connectivity index (χ1n) is 6.44. The van der Waals surface area contributed by atoms with Crippen molar-refractivity contribution >= 4 is 29.9 Å². The molecule has 1 atom stereocenters. The molecule has 0 spiro atoms. The molecule has 2 fully saturated rings. The van der Waals surface area contributed by atoms with Crippen molar-refractivity contribution in [3.05, 3.63) is 0 Å². The molecule has 0 aromatic heterocycles. The normalized spacial score (nSPS) is 24.3. The van der Waals surface area contributed by atoms with Gasteiger partial charge in [0, 0.05) is 26.7 Å². The van der Waals surface area contributed by atoms with E-state index in [1.165, 1.54) is 25.7 Å². The summed E-state index contributed by atoms with van der Waals surface area (Å²) < 4.78 is 5.58. The lowest BCUT2D eigenvalue weighted by Crippen LogP contribution is -2.39. The summed E-state index contributed by atoms with van der Waals surface area (Å²) in [6, 6.07) is 0. The molecule has 0 aromatic rings. The van der Waals surface area contributed by atoms with Gasteiger partial charge in [0.15, 0.2) is 5.96 Å². The fourth-order valence-corrected chi connectivity index (χ4v) is 2.01. The van der Waals surface area contributed by atoms with E-state index in [1.54, 1.807) is 0 Å². The number of aliphatic imine (C=N–C) groups is 1. The molecule has 17 heavy (non-hydrogen) atoms. The number of hydrogen-bond acceptors (Lipinski definition) is 2. The molecule has 1 aliphatic heterocycles. The zero-order chi connectivity index (χ0) is 11.2. The third kappa shape index (κ3) is 5.90. The van der Waals surface area contributed by atoms with Crippen molar-refractivity contribution in [1.29, 1.82) is 0 Å². The first-order valence-corrected chi connectivity index (χ1v) is 6.44. The molecule has 1 saturated carbocycles. The van der Waals surface area contributed by atoms with E-state index in [9.17, 15) is 0 Å². The van der Waals surface area contributed by atoms with E-state index >= 15 is 0 Å². The summed E-state index contributed by atoms with van der Waals surface area (Å²) in [6.45, 7) is 2.97. The maximum absolute atomic E-state index is 5.58. The monoisotopic (exact) mass is 353 g/mol. The van der Waals surface area contributed by atoms with Crippen LogP contribution in [-0.2, 0) is 4.74 Å². The smallest absolute Gasteiger partial charge is 0.190 e. The van der Waals surface area contributed by atoms with Gasteiger partial charge < -0.3 is 15.4 Å². The van der Waals surface area contributed by atoms with Crippen LogP contribution in [0.3, 0.4) is 0 Å².